The summed E-state index contributed by atoms with van der Waals surface area (Å²) in [5.74, 6) is 1.54. The predicted molar refractivity (Wildman–Crippen MR) is 127 cm³/mol. The number of rotatable bonds is 9. The minimum Gasteiger partial charge on any atom is -0.356 e. The van der Waals surface area contributed by atoms with Gasteiger partial charge in [-0.05, 0) is 37.4 Å². The zero-order chi connectivity index (χ0) is 21.2. The number of likely N-dealkylation sites (N-methyl/N-ethyl adjacent to an activating group) is 1. The Morgan fingerprint density at radius 1 is 1.07 bits per heavy atom. The number of nitrogens with one attached hydrogen (secondary N) is 2. The average Bonchev–Trinajstić information content (AvgIpc) is 3.22. The average molecular weight is 415 g/mol. The molecule has 2 fully saturated rings. The SMILES string of the molecule is CCN1CCN(CC(C)CNC(=NC)NCC2CCCN2Cc2ccccc2)CC1. The van der Waals surface area contributed by atoms with Gasteiger partial charge >= 0.3 is 0 Å². The van der Waals surface area contributed by atoms with Crippen LogP contribution in [0.15, 0.2) is 35.3 Å². The van der Waals surface area contributed by atoms with Crippen LogP contribution in [0.5, 0.6) is 0 Å². The number of hydrogen-bond acceptors (Lipinski definition) is 4. The summed E-state index contributed by atoms with van der Waals surface area (Å²) < 4.78 is 0. The third-order valence-corrected chi connectivity index (χ3v) is 6.56. The summed E-state index contributed by atoms with van der Waals surface area (Å²) in [6.07, 6.45) is 2.55. The molecule has 1 aromatic carbocycles. The number of nitrogens with zero attached hydrogens (tertiary/aromatic N) is 4. The van der Waals surface area contributed by atoms with Crippen molar-refractivity contribution >= 4 is 5.96 Å². The van der Waals surface area contributed by atoms with Gasteiger partial charge in [-0.3, -0.25) is 9.89 Å². The maximum Gasteiger partial charge on any atom is 0.191 e. The van der Waals surface area contributed by atoms with Gasteiger partial charge in [-0.1, -0.05) is 44.2 Å². The summed E-state index contributed by atoms with van der Waals surface area (Å²) in [5, 5.41) is 7.13. The Morgan fingerprint density at radius 2 is 1.80 bits per heavy atom. The van der Waals surface area contributed by atoms with Crippen molar-refractivity contribution in [3.63, 3.8) is 0 Å². The summed E-state index contributed by atoms with van der Waals surface area (Å²) >= 11 is 0. The van der Waals surface area contributed by atoms with Gasteiger partial charge in [0.2, 0.25) is 0 Å². The molecule has 2 aliphatic rings. The molecule has 1 aromatic rings. The Labute approximate surface area is 183 Å². The molecule has 6 heteroatoms. The molecule has 30 heavy (non-hydrogen) atoms. The second-order valence-corrected chi connectivity index (χ2v) is 8.93. The second kappa shape index (κ2) is 12.3. The van der Waals surface area contributed by atoms with Gasteiger partial charge in [0.1, 0.15) is 0 Å². The number of piperazine rings is 1. The monoisotopic (exact) mass is 414 g/mol. The van der Waals surface area contributed by atoms with Gasteiger partial charge in [0.25, 0.3) is 0 Å². The van der Waals surface area contributed by atoms with Crippen LogP contribution in [0, 0.1) is 5.92 Å². The van der Waals surface area contributed by atoms with Gasteiger partial charge in [-0.15, -0.1) is 0 Å². The van der Waals surface area contributed by atoms with Crippen molar-refractivity contribution in [3.05, 3.63) is 35.9 Å². The van der Waals surface area contributed by atoms with Crippen molar-refractivity contribution in [3.8, 4) is 0 Å². The van der Waals surface area contributed by atoms with E-state index in [1.807, 2.05) is 7.05 Å². The Morgan fingerprint density at radius 3 is 2.50 bits per heavy atom. The van der Waals surface area contributed by atoms with Gasteiger partial charge in [0, 0.05) is 65.4 Å². The van der Waals surface area contributed by atoms with E-state index in [1.54, 1.807) is 0 Å². The van der Waals surface area contributed by atoms with Crippen molar-refractivity contribution in [2.45, 2.75) is 39.3 Å². The molecule has 2 N–H and O–H groups in total. The second-order valence-electron chi connectivity index (χ2n) is 8.93. The van der Waals surface area contributed by atoms with Crippen molar-refractivity contribution in [1.29, 1.82) is 0 Å². The van der Waals surface area contributed by atoms with Crippen molar-refractivity contribution in [1.82, 2.24) is 25.3 Å². The first-order valence-corrected chi connectivity index (χ1v) is 11.8. The van der Waals surface area contributed by atoms with Crippen molar-refractivity contribution < 1.29 is 0 Å². The first kappa shape index (κ1) is 23.0. The molecular formula is C24H42N6. The molecule has 0 saturated carbocycles. The Bertz CT molecular complexity index is 626. The molecule has 2 saturated heterocycles. The molecule has 6 nitrogen and oxygen atoms in total. The molecule has 2 heterocycles. The summed E-state index contributed by atoms with van der Waals surface area (Å²) in [5.41, 5.74) is 1.40. The number of aliphatic imine (C=N–C) groups is 1. The van der Waals surface area contributed by atoms with E-state index in [0.717, 1.165) is 32.1 Å². The van der Waals surface area contributed by atoms with Gasteiger partial charge in [-0.25, -0.2) is 0 Å². The molecule has 168 valence electrons. The largest absolute Gasteiger partial charge is 0.356 e. The van der Waals surface area contributed by atoms with Crippen LogP contribution in [0.25, 0.3) is 0 Å². The number of benzene rings is 1. The lowest BCUT2D eigenvalue weighted by atomic mass is 10.1. The topological polar surface area (TPSA) is 46.1 Å². The van der Waals surface area contributed by atoms with E-state index in [1.165, 1.54) is 57.7 Å². The highest BCUT2D eigenvalue weighted by Gasteiger charge is 2.24. The first-order valence-electron chi connectivity index (χ1n) is 11.8. The van der Waals surface area contributed by atoms with Crippen LogP contribution in [0.4, 0.5) is 0 Å². The fraction of sp³-hybridized carbons (Fsp3) is 0.708. The highest BCUT2D eigenvalue weighted by atomic mass is 15.3. The summed E-state index contributed by atoms with van der Waals surface area (Å²) in [7, 11) is 1.88. The van der Waals surface area contributed by atoms with Crippen LogP contribution in [-0.2, 0) is 6.54 Å². The minimum absolute atomic E-state index is 0.580. The van der Waals surface area contributed by atoms with Gasteiger partial charge < -0.3 is 20.4 Å². The zero-order valence-corrected chi connectivity index (χ0v) is 19.3. The predicted octanol–water partition coefficient (Wildman–Crippen LogP) is 2.09. The smallest absolute Gasteiger partial charge is 0.191 e. The third-order valence-electron chi connectivity index (χ3n) is 6.56. The maximum atomic E-state index is 4.45. The molecule has 0 bridgehead atoms. The Hall–Kier alpha value is -1.63. The number of hydrogen-bond donors (Lipinski definition) is 2. The highest BCUT2D eigenvalue weighted by molar-refractivity contribution is 5.79. The summed E-state index contributed by atoms with van der Waals surface area (Å²) in [6.45, 7) is 15.9. The molecule has 0 aliphatic carbocycles. The van der Waals surface area contributed by atoms with Crippen LogP contribution in [0.2, 0.25) is 0 Å². The standard InChI is InChI=1S/C24H42N6/c1-4-28-13-15-29(16-14-28)19-21(2)17-26-24(25-3)27-18-23-11-8-12-30(23)20-22-9-6-5-7-10-22/h5-7,9-10,21,23H,4,8,11-20H2,1-3H3,(H2,25,26,27). The molecule has 2 aliphatic heterocycles. The van der Waals surface area contributed by atoms with E-state index < -0.39 is 0 Å². The van der Waals surface area contributed by atoms with Crippen LogP contribution in [0.3, 0.4) is 0 Å². The minimum atomic E-state index is 0.580. The van der Waals surface area contributed by atoms with Crippen LogP contribution in [0.1, 0.15) is 32.3 Å². The van der Waals surface area contributed by atoms with Crippen LogP contribution >= 0.6 is 0 Å². The summed E-state index contributed by atoms with van der Waals surface area (Å²) in [6, 6.07) is 11.4. The molecule has 2 atom stereocenters. The normalized spacial score (nSPS) is 22.9. The van der Waals surface area contributed by atoms with E-state index in [9.17, 15) is 0 Å². The fourth-order valence-electron chi connectivity index (χ4n) is 4.65. The molecule has 0 radical (unpaired) electrons. The van der Waals surface area contributed by atoms with E-state index >= 15 is 0 Å². The zero-order valence-electron chi connectivity index (χ0n) is 19.3. The Kier molecular flexibility index (Phi) is 9.43. The van der Waals surface area contributed by atoms with E-state index in [4.69, 9.17) is 0 Å². The number of likely N-dealkylation sites (tertiary alicyclic amines) is 1. The van der Waals surface area contributed by atoms with E-state index in [2.05, 4.69) is 74.5 Å². The lowest BCUT2D eigenvalue weighted by Gasteiger charge is -2.35. The lowest BCUT2D eigenvalue weighted by Crippen LogP contribution is -2.49. The summed E-state index contributed by atoms with van der Waals surface area (Å²) in [4.78, 5) is 12.2. The molecule has 3 rings (SSSR count). The quantitative estimate of drug-likeness (QED) is 0.479. The molecule has 0 spiro atoms. The van der Waals surface area contributed by atoms with Gasteiger partial charge in [0.05, 0.1) is 0 Å². The van der Waals surface area contributed by atoms with Crippen LogP contribution in [-0.4, -0.2) is 92.7 Å². The van der Waals surface area contributed by atoms with Gasteiger partial charge in [0.15, 0.2) is 5.96 Å². The van der Waals surface area contributed by atoms with Crippen molar-refractivity contribution in [2.24, 2.45) is 10.9 Å². The van der Waals surface area contributed by atoms with Crippen LogP contribution < -0.4 is 10.6 Å². The van der Waals surface area contributed by atoms with Gasteiger partial charge in [-0.2, -0.15) is 0 Å². The fourth-order valence-corrected chi connectivity index (χ4v) is 4.65. The molecular weight excluding hydrogens is 372 g/mol. The Balaban J connectivity index is 1.36. The maximum absolute atomic E-state index is 4.45. The molecule has 0 aromatic heterocycles. The highest BCUT2D eigenvalue weighted by Crippen LogP contribution is 2.19. The van der Waals surface area contributed by atoms with E-state index in [-0.39, 0.29) is 0 Å². The third kappa shape index (κ3) is 7.25. The number of guanidine groups is 1. The molecule has 0 amide bonds. The molecule has 2 unspecified atom stereocenters. The van der Waals surface area contributed by atoms with E-state index in [0.29, 0.717) is 12.0 Å². The lowest BCUT2D eigenvalue weighted by molar-refractivity contribution is 0.124. The van der Waals surface area contributed by atoms with Crippen molar-refractivity contribution in [2.75, 3.05) is 66.0 Å². The first-order chi connectivity index (χ1) is 14.7.